The number of carbonyl (C=O) groups is 1. The minimum Gasteiger partial charge on any atom is -0.350 e. The molecule has 1 aromatic rings. The zero-order valence-electron chi connectivity index (χ0n) is 11.7. The van der Waals surface area contributed by atoms with Gasteiger partial charge in [-0.1, -0.05) is 20.3 Å². The number of aryl methyl sites for hydroxylation is 2. The van der Waals surface area contributed by atoms with Gasteiger partial charge in [0.05, 0.1) is 10.3 Å². The molecule has 19 heavy (non-hydrogen) atoms. The molecule has 1 amide bonds. The van der Waals surface area contributed by atoms with E-state index < -0.39 is 0 Å². The first-order valence-corrected chi connectivity index (χ1v) is 8.37. The average Bonchev–Trinajstić information content (AvgIpc) is 2.67. The summed E-state index contributed by atoms with van der Waals surface area (Å²) in [7, 11) is 0. The number of rotatable bonds is 4. The summed E-state index contributed by atoms with van der Waals surface area (Å²) < 4.78 is 0. The summed E-state index contributed by atoms with van der Waals surface area (Å²) >= 11 is 7.82. The number of halogens is 1. The number of carbonyl (C=O) groups excluding carboxylic acids is 1. The molecule has 1 aromatic heterocycles. The number of amides is 1. The Morgan fingerprint density at radius 1 is 1.37 bits per heavy atom. The highest BCUT2D eigenvalue weighted by molar-refractivity contribution is 7.14. The highest BCUT2D eigenvalue weighted by Crippen LogP contribution is 2.28. The van der Waals surface area contributed by atoms with Crippen LogP contribution in [0.4, 0.5) is 0 Å². The average molecular weight is 300 g/mol. The van der Waals surface area contributed by atoms with Crippen molar-refractivity contribution in [2.45, 2.75) is 51.3 Å². The van der Waals surface area contributed by atoms with Gasteiger partial charge < -0.3 is 5.32 Å². The van der Waals surface area contributed by atoms with Gasteiger partial charge in [0.25, 0.3) is 5.91 Å². The predicted octanol–water partition coefficient (Wildman–Crippen LogP) is 4.01. The van der Waals surface area contributed by atoms with Gasteiger partial charge in [-0.2, -0.15) is 0 Å². The zero-order valence-corrected chi connectivity index (χ0v) is 13.2. The van der Waals surface area contributed by atoms with E-state index in [1.807, 2.05) is 0 Å². The fourth-order valence-electron chi connectivity index (χ4n) is 2.29. The highest BCUT2D eigenvalue weighted by atomic mass is 35.5. The molecule has 1 aliphatic rings. The normalized spacial score (nSPS) is 16.8. The summed E-state index contributed by atoms with van der Waals surface area (Å²) in [6, 6.07) is 2.08. The van der Waals surface area contributed by atoms with Crippen LogP contribution in [-0.4, -0.2) is 17.8 Å². The standard InChI is InChI=1S/C15H22ClNOS/c1-10(2)12(16)9-17-15(18)14-8-11-6-4-3-5-7-13(11)19-14/h8,10,12H,3-7,9H2,1-2H3,(H,17,18). The number of fused-ring (bicyclic) bond motifs is 1. The Balaban J connectivity index is 1.96. The monoisotopic (exact) mass is 299 g/mol. The van der Waals surface area contributed by atoms with Crippen molar-refractivity contribution in [2.24, 2.45) is 5.92 Å². The Kier molecular flexibility index (Phi) is 5.28. The number of alkyl halides is 1. The van der Waals surface area contributed by atoms with Gasteiger partial charge in [0.2, 0.25) is 0 Å². The van der Waals surface area contributed by atoms with Gasteiger partial charge in [0.15, 0.2) is 0 Å². The third-order valence-electron chi connectivity index (χ3n) is 3.65. The largest absolute Gasteiger partial charge is 0.350 e. The second kappa shape index (κ2) is 6.76. The summed E-state index contributed by atoms with van der Waals surface area (Å²) in [6.45, 7) is 4.68. The first-order valence-electron chi connectivity index (χ1n) is 7.11. The first-order chi connectivity index (χ1) is 9.08. The molecule has 1 atom stereocenters. The van der Waals surface area contributed by atoms with Gasteiger partial charge in [0, 0.05) is 11.4 Å². The van der Waals surface area contributed by atoms with E-state index in [0.717, 1.165) is 17.7 Å². The molecule has 1 aliphatic carbocycles. The summed E-state index contributed by atoms with van der Waals surface area (Å²) in [5, 5.41) is 2.95. The van der Waals surface area contributed by atoms with E-state index in [0.29, 0.717) is 12.5 Å². The fourth-order valence-corrected chi connectivity index (χ4v) is 3.54. The van der Waals surface area contributed by atoms with Gasteiger partial charge in [0.1, 0.15) is 0 Å². The molecule has 0 saturated heterocycles. The Morgan fingerprint density at radius 3 is 2.84 bits per heavy atom. The Bertz CT molecular complexity index is 418. The molecule has 0 fully saturated rings. The van der Waals surface area contributed by atoms with Crippen molar-refractivity contribution in [3.8, 4) is 0 Å². The first kappa shape index (κ1) is 14.9. The van der Waals surface area contributed by atoms with Crippen LogP contribution < -0.4 is 5.32 Å². The van der Waals surface area contributed by atoms with Gasteiger partial charge in [-0.25, -0.2) is 0 Å². The van der Waals surface area contributed by atoms with Crippen LogP contribution >= 0.6 is 22.9 Å². The molecular weight excluding hydrogens is 278 g/mol. The molecule has 1 unspecified atom stereocenters. The van der Waals surface area contributed by atoms with Crippen LogP contribution in [0.15, 0.2) is 6.07 Å². The van der Waals surface area contributed by atoms with Crippen molar-refractivity contribution in [2.75, 3.05) is 6.54 Å². The molecule has 1 N–H and O–H groups in total. The van der Waals surface area contributed by atoms with Crippen LogP contribution in [0.1, 0.15) is 53.2 Å². The third kappa shape index (κ3) is 3.96. The maximum atomic E-state index is 12.1. The molecule has 0 aromatic carbocycles. The molecule has 0 bridgehead atoms. The van der Waals surface area contributed by atoms with Crippen molar-refractivity contribution in [3.05, 3.63) is 21.4 Å². The summed E-state index contributed by atoms with van der Waals surface area (Å²) in [4.78, 5) is 14.4. The van der Waals surface area contributed by atoms with Gasteiger partial charge in [-0.3, -0.25) is 4.79 Å². The maximum absolute atomic E-state index is 12.1. The highest BCUT2D eigenvalue weighted by Gasteiger charge is 2.17. The minimum absolute atomic E-state index is 0.00161. The Morgan fingerprint density at radius 2 is 2.11 bits per heavy atom. The Labute approximate surface area is 124 Å². The van der Waals surface area contributed by atoms with Crippen LogP contribution in [0.25, 0.3) is 0 Å². The molecule has 2 nitrogen and oxygen atoms in total. The molecule has 0 radical (unpaired) electrons. The van der Waals surface area contributed by atoms with E-state index in [4.69, 9.17) is 11.6 Å². The molecule has 1 heterocycles. The van der Waals surface area contributed by atoms with E-state index in [1.54, 1.807) is 11.3 Å². The molecule has 4 heteroatoms. The number of hydrogen-bond acceptors (Lipinski definition) is 2. The number of hydrogen-bond donors (Lipinski definition) is 1. The van der Waals surface area contributed by atoms with Crippen molar-refractivity contribution >= 4 is 28.8 Å². The summed E-state index contributed by atoms with van der Waals surface area (Å²) in [5.74, 6) is 0.409. The maximum Gasteiger partial charge on any atom is 0.261 e. The lowest BCUT2D eigenvalue weighted by Crippen LogP contribution is -2.31. The van der Waals surface area contributed by atoms with Crippen LogP contribution in [0.3, 0.4) is 0 Å². The molecule has 2 rings (SSSR count). The van der Waals surface area contributed by atoms with Crippen molar-refractivity contribution in [1.29, 1.82) is 0 Å². The van der Waals surface area contributed by atoms with Crippen molar-refractivity contribution in [1.82, 2.24) is 5.32 Å². The SMILES string of the molecule is CC(C)C(Cl)CNC(=O)c1cc2c(s1)CCCCC2. The molecular formula is C15H22ClNOS. The van der Waals surface area contributed by atoms with Gasteiger partial charge in [-0.15, -0.1) is 22.9 Å². The zero-order chi connectivity index (χ0) is 13.8. The topological polar surface area (TPSA) is 29.1 Å². The van der Waals surface area contributed by atoms with Gasteiger partial charge >= 0.3 is 0 Å². The number of thiophene rings is 1. The van der Waals surface area contributed by atoms with E-state index in [-0.39, 0.29) is 11.3 Å². The van der Waals surface area contributed by atoms with E-state index in [9.17, 15) is 4.79 Å². The van der Waals surface area contributed by atoms with E-state index >= 15 is 0 Å². The van der Waals surface area contributed by atoms with Crippen LogP contribution in [0.5, 0.6) is 0 Å². The second-order valence-electron chi connectivity index (χ2n) is 5.59. The predicted molar refractivity (Wildman–Crippen MR) is 82.4 cm³/mol. The van der Waals surface area contributed by atoms with E-state index in [1.165, 1.54) is 29.7 Å². The lowest BCUT2D eigenvalue weighted by molar-refractivity contribution is 0.0956. The van der Waals surface area contributed by atoms with Crippen LogP contribution in [-0.2, 0) is 12.8 Å². The smallest absolute Gasteiger partial charge is 0.261 e. The molecule has 0 saturated carbocycles. The summed E-state index contributed by atoms with van der Waals surface area (Å²) in [5.41, 5.74) is 1.39. The van der Waals surface area contributed by atoms with Crippen LogP contribution in [0, 0.1) is 5.92 Å². The van der Waals surface area contributed by atoms with Crippen molar-refractivity contribution < 1.29 is 4.79 Å². The second-order valence-corrected chi connectivity index (χ2v) is 7.29. The quantitative estimate of drug-likeness (QED) is 0.660. The third-order valence-corrected chi connectivity index (χ3v) is 5.55. The lowest BCUT2D eigenvalue weighted by atomic mass is 10.1. The van der Waals surface area contributed by atoms with Crippen LogP contribution in [0.2, 0.25) is 0 Å². The number of nitrogens with one attached hydrogen (secondary N) is 1. The fraction of sp³-hybridized carbons (Fsp3) is 0.667. The summed E-state index contributed by atoms with van der Waals surface area (Å²) in [6.07, 6.45) is 6.08. The lowest BCUT2D eigenvalue weighted by Gasteiger charge is -2.13. The molecule has 0 aliphatic heterocycles. The van der Waals surface area contributed by atoms with E-state index in [2.05, 4.69) is 25.2 Å². The molecule has 106 valence electrons. The van der Waals surface area contributed by atoms with Crippen molar-refractivity contribution in [3.63, 3.8) is 0 Å². The molecule has 0 spiro atoms. The minimum atomic E-state index is 0.00161. The Hall–Kier alpha value is -0.540. The van der Waals surface area contributed by atoms with Gasteiger partial charge in [-0.05, 0) is 43.2 Å².